The van der Waals surface area contributed by atoms with E-state index in [9.17, 15) is 44.4 Å². The maximum atomic E-state index is 13.9. The van der Waals surface area contributed by atoms with Gasteiger partial charge in [-0.25, -0.2) is 9.59 Å². The van der Waals surface area contributed by atoms with Gasteiger partial charge in [0.05, 0.1) is 55.3 Å². The Hall–Kier alpha value is -5.09. The molecule has 4 N–H and O–H groups in total. The maximum Gasteiger partial charge on any atom is 0.332 e. The Balaban J connectivity index is 1.57. The highest BCUT2D eigenvalue weighted by molar-refractivity contribution is 6.31. The predicted molar refractivity (Wildman–Crippen MR) is 180 cm³/mol. The van der Waals surface area contributed by atoms with Gasteiger partial charge >= 0.3 is 11.9 Å². The number of benzene rings is 2. The topological polar surface area (TPSA) is 216 Å². The molecule has 1 saturated heterocycles. The van der Waals surface area contributed by atoms with Gasteiger partial charge in [0.15, 0.2) is 17.9 Å². The molecule has 1 heterocycles. The zero-order chi connectivity index (χ0) is 38.1. The van der Waals surface area contributed by atoms with E-state index in [0.717, 1.165) is 19.1 Å². The van der Waals surface area contributed by atoms with Gasteiger partial charge in [-0.1, -0.05) is 12.1 Å². The number of esters is 2. The smallest absolute Gasteiger partial charge is 0.332 e. The second kappa shape index (κ2) is 15.3. The van der Waals surface area contributed by atoms with Crippen LogP contribution in [0.2, 0.25) is 0 Å². The van der Waals surface area contributed by atoms with Gasteiger partial charge in [-0.2, -0.15) is 0 Å². The number of ketones is 3. The van der Waals surface area contributed by atoms with E-state index in [0.29, 0.717) is 0 Å². The molecule has 2 aliphatic carbocycles. The number of carbonyl (C=O) groups excluding carboxylic acids is 5. The van der Waals surface area contributed by atoms with Crippen molar-refractivity contribution in [1.82, 2.24) is 4.90 Å². The number of carbonyl (C=O) groups is 5. The average molecular weight is 724 g/mol. The lowest BCUT2D eigenvalue weighted by Gasteiger charge is -2.44. The molecule has 278 valence electrons. The summed E-state index contributed by atoms with van der Waals surface area (Å²) in [6.07, 6.45) is -1.08. The monoisotopic (exact) mass is 723 g/mol. The van der Waals surface area contributed by atoms with E-state index >= 15 is 0 Å². The van der Waals surface area contributed by atoms with Crippen molar-refractivity contribution < 1.29 is 68.1 Å². The quantitative estimate of drug-likeness (QED) is 0.127. The molecule has 2 aromatic carbocycles. The molecule has 0 spiro atoms. The summed E-state index contributed by atoms with van der Waals surface area (Å²) in [6, 6.07) is 3.45. The minimum Gasteiger partial charge on any atom is -0.507 e. The number of methoxy groups -OCH3 is 1. The number of rotatable bonds is 11. The van der Waals surface area contributed by atoms with Crippen molar-refractivity contribution in [3.05, 3.63) is 76.1 Å². The van der Waals surface area contributed by atoms with Crippen molar-refractivity contribution in [2.24, 2.45) is 0 Å². The summed E-state index contributed by atoms with van der Waals surface area (Å²) in [6.45, 7) is 6.16. The first-order valence-corrected chi connectivity index (χ1v) is 16.7. The number of phenolic OH excluding ortho intramolecular Hbond substituents is 2. The van der Waals surface area contributed by atoms with Crippen LogP contribution in [0.1, 0.15) is 89.6 Å². The van der Waals surface area contributed by atoms with Crippen molar-refractivity contribution in [2.75, 3.05) is 20.3 Å². The first-order chi connectivity index (χ1) is 24.7. The number of hydrogen-bond acceptors (Lipinski definition) is 15. The normalized spacial score (nSPS) is 25.3. The number of phenols is 2. The summed E-state index contributed by atoms with van der Waals surface area (Å²) in [5.41, 5.74) is -3.60. The van der Waals surface area contributed by atoms with E-state index in [4.69, 9.17) is 23.7 Å². The van der Waals surface area contributed by atoms with Crippen LogP contribution in [0.25, 0.3) is 0 Å². The van der Waals surface area contributed by atoms with Gasteiger partial charge in [0.2, 0.25) is 5.78 Å². The number of aliphatic hydroxyl groups is 2. The highest BCUT2D eigenvalue weighted by Crippen LogP contribution is 2.52. The fraction of sp³-hybridized carbons (Fsp3) is 0.432. The van der Waals surface area contributed by atoms with Gasteiger partial charge in [0.25, 0.3) is 0 Å². The van der Waals surface area contributed by atoms with E-state index in [2.05, 4.69) is 0 Å². The molecule has 0 saturated carbocycles. The van der Waals surface area contributed by atoms with Crippen molar-refractivity contribution in [2.45, 2.75) is 83.2 Å². The minimum atomic E-state index is -2.13. The molecule has 6 atom stereocenters. The van der Waals surface area contributed by atoms with Crippen LogP contribution in [0, 0.1) is 0 Å². The molecule has 0 aromatic heterocycles. The van der Waals surface area contributed by atoms with Crippen LogP contribution in [0.5, 0.6) is 17.2 Å². The predicted octanol–water partition coefficient (Wildman–Crippen LogP) is 2.53. The molecule has 0 unspecified atom stereocenters. The highest BCUT2D eigenvalue weighted by atomic mass is 16.7. The second-order valence-corrected chi connectivity index (χ2v) is 12.6. The van der Waals surface area contributed by atoms with Crippen molar-refractivity contribution >= 4 is 29.3 Å². The Labute approximate surface area is 299 Å². The molecule has 5 rings (SSSR count). The number of Topliss-reactive ketones (excluding diaryl/α,β-unsaturated/α-hetero) is 1. The Morgan fingerprint density at radius 2 is 1.60 bits per heavy atom. The van der Waals surface area contributed by atoms with E-state index in [1.165, 1.54) is 42.6 Å². The van der Waals surface area contributed by atoms with Crippen molar-refractivity contribution in [1.29, 1.82) is 0 Å². The summed E-state index contributed by atoms with van der Waals surface area (Å²) < 4.78 is 27.6. The third-order valence-electron chi connectivity index (χ3n) is 9.44. The first-order valence-electron chi connectivity index (χ1n) is 16.7. The largest absolute Gasteiger partial charge is 0.507 e. The first kappa shape index (κ1) is 38.1. The molecular formula is C37H41NO14. The van der Waals surface area contributed by atoms with Crippen LogP contribution in [0.4, 0.5) is 0 Å². The number of nitrogens with zero attached hydrogens (tertiary/aromatic N) is 1. The fourth-order valence-electron chi connectivity index (χ4n) is 6.84. The lowest BCUT2D eigenvalue weighted by Crippen LogP contribution is -2.53. The van der Waals surface area contributed by atoms with Gasteiger partial charge in [0, 0.05) is 60.5 Å². The lowest BCUT2D eigenvalue weighted by atomic mass is 9.72. The van der Waals surface area contributed by atoms with Crippen LogP contribution in [0.3, 0.4) is 0 Å². The zero-order valence-electron chi connectivity index (χ0n) is 29.3. The van der Waals surface area contributed by atoms with E-state index in [1.54, 1.807) is 20.8 Å². The van der Waals surface area contributed by atoms with Gasteiger partial charge in [-0.05, 0) is 33.8 Å². The number of ether oxygens (including phenoxy) is 5. The molecule has 1 fully saturated rings. The highest BCUT2D eigenvalue weighted by Gasteiger charge is 2.50. The lowest BCUT2D eigenvalue weighted by molar-refractivity contribution is -0.254. The summed E-state index contributed by atoms with van der Waals surface area (Å²) in [5.74, 6) is -4.95. The van der Waals surface area contributed by atoms with E-state index < -0.39 is 101 Å². The van der Waals surface area contributed by atoms with E-state index in [-0.39, 0.29) is 47.6 Å². The summed E-state index contributed by atoms with van der Waals surface area (Å²) in [5, 5.41) is 46.1. The van der Waals surface area contributed by atoms with Crippen molar-refractivity contribution in [3.8, 4) is 17.2 Å². The Kier molecular flexibility index (Phi) is 11.2. The Morgan fingerprint density at radius 1 is 0.981 bits per heavy atom. The average Bonchev–Trinajstić information content (AvgIpc) is 3.10. The molecule has 52 heavy (non-hydrogen) atoms. The van der Waals surface area contributed by atoms with Crippen LogP contribution < -0.4 is 4.74 Å². The zero-order valence-corrected chi connectivity index (χ0v) is 29.3. The summed E-state index contributed by atoms with van der Waals surface area (Å²) in [4.78, 5) is 66.3. The molecule has 0 bridgehead atoms. The van der Waals surface area contributed by atoms with E-state index in [1.807, 2.05) is 0 Å². The molecule has 2 aromatic rings. The fourth-order valence-corrected chi connectivity index (χ4v) is 6.84. The van der Waals surface area contributed by atoms with Gasteiger partial charge in [-0.3, -0.25) is 14.4 Å². The van der Waals surface area contributed by atoms with Crippen LogP contribution in [0.15, 0.2) is 42.8 Å². The Morgan fingerprint density at radius 3 is 2.17 bits per heavy atom. The molecule has 15 heteroatoms. The van der Waals surface area contributed by atoms with Crippen LogP contribution in [-0.2, 0) is 39.8 Å². The molecular weight excluding hydrogens is 682 g/mol. The summed E-state index contributed by atoms with van der Waals surface area (Å²) in [7, 11) is 1.31. The number of aliphatic hydroxyl groups excluding tert-OH is 1. The van der Waals surface area contributed by atoms with Gasteiger partial charge < -0.3 is 49.0 Å². The number of aromatic hydroxyl groups is 2. The second-order valence-electron chi connectivity index (χ2n) is 12.6. The van der Waals surface area contributed by atoms with Gasteiger partial charge in [0.1, 0.15) is 29.0 Å². The van der Waals surface area contributed by atoms with Gasteiger partial charge in [-0.15, -0.1) is 0 Å². The molecule has 1 aliphatic heterocycles. The summed E-state index contributed by atoms with van der Waals surface area (Å²) >= 11 is 0. The molecule has 3 aliphatic rings. The minimum absolute atomic E-state index is 0.0651. The standard InChI is InChI=1S/C37H41NO14/c1-6-49-25(40)11-13-38(14-12-26(41)50-7-2)22-15-27(51-18(3)32(22)42)52-24-17-37(47,19(4)39)16-21-29(24)36(46)31-30(34(21)44)33(43)20-9-8-10-23(48-5)28(20)35(31)45/h8-14,18,22,24,27,32,42,44,46-47H,6-7,15-17H2,1-5H3/t18-,22-,24-,27-,32+,37-/m0/s1. The Bertz CT molecular complexity index is 1820. The number of fused-ring (bicyclic) bond motifs is 3. The third kappa shape index (κ3) is 7.04. The number of hydrogen-bond donors (Lipinski definition) is 4. The molecule has 0 radical (unpaired) electrons. The third-order valence-corrected chi connectivity index (χ3v) is 9.44. The SMILES string of the molecule is CCOC(=O)C=CN(C=CC(=O)OCC)[C@H]1C[C@H](O[C@H]2C[C@](O)(C(C)=O)Cc3c(O)c4c(c(O)c32)C(=O)c2c(OC)cccc2C4=O)O[C@@H](C)[C@H]1O. The molecule has 15 nitrogen and oxygen atoms in total. The van der Waals surface area contributed by atoms with Crippen molar-refractivity contribution in [3.63, 3.8) is 0 Å². The molecule has 0 amide bonds. The van der Waals surface area contributed by atoms with Crippen LogP contribution in [-0.4, -0.2) is 105 Å². The maximum absolute atomic E-state index is 13.9. The van der Waals surface area contributed by atoms with Crippen LogP contribution >= 0.6 is 0 Å².